The third kappa shape index (κ3) is 2.54. The van der Waals surface area contributed by atoms with Crippen molar-refractivity contribution in [1.82, 2.24) is 0 Å². The van der Waals surface area contributed by atoms with Crippen molar-refractivity contribution < 1.29 is 9.72 Å². The zero-order valence-corrected chi connectivity index (χ0v) is 13.7. The highest BCUT2D eigenvalue weighted by atomic mass is 16.6. The number of nitro groups is 1. The predicted octanol–water partition coefficient (Wildman–Crippen LogP) is 4.53. The number of carbonyl (C=O) groups excluding carboxylic acids is 1. The van der Waals surface area contributed by atoms with Gasteiger partial charge < -0.3 is 5.32 Å². The van der Waals surface area contributed by atoms with Gasteiger partial charge in [-0.1, -0.05) is 48.5 Å². The first-order chi connectivity index (χ1) is 12.0. The third-order valence-corrected chi connectivity index (χ3v) is 4.82. The first-order valence-electron chi connectivity index (χ1n) is 8.11. The maximum atomic E-state index is 12.3. The van der Waals surface area contributed by atoms with Crippen molar-refractivity contribution >= 4 is 28.1 Å². The Balaban J connectivity index is 1.91. The molecule has 3 aromatic carbocycles. The van der Waals surface area contributed by atoms with Crippen molar-refractivity contribution in [2.24, 2.45) is 0 Å². The van der Waals surface area contributed by atoms with Crippen LogP contribution in [0.15, 0.2) is 54.6 Å². The molecule has 124 valence electrons. The number of rotatable bonds is 2. The Kier molecular flexibility index (Phi) is 3.50. The minimum Gasteiger partial charge on any atom is -0.325 e. The quantitative estimate of drug-likeness (QED) is 0.553. The van der Waals surface area contributed by atoms with E-state index in [0.29, 0.717) is 5.56 Å². The van der Waals surface area contributed by atoms with Gasteiger partial charge in [0.05, 0.1) is 10.6 Å². The van der Waals surface area contributed by atoms with E-state index in [0.717, 1.165) is 27.6 Å². The SMILES string of the molecule is Cc1ccc([C@H]2CC(=O)Nc3c2ccc2ccccc32)cc1[N+](=O)[O-]. The van der Waals surface area contributed by atoms with Crippen LogP contribution < -0.4 is 5.32 Å². The van der Waals surface area contributed by atoms with Gasteiger partial charge in [-0.2, -0.15) is 0 Å². The smallest absolute Gasteiger partial charge is 0.272 e. The van der Waals surface area contributed by atoms with Crippen LogP contribution in [-0.4, -0.2) is 10.8 Å². The molecule has 4 rings (SSSR count). The lowest BCUT2D eigenvalue weighted by Crippen LogP contribution is -2.23. The molecule has 1 N–H and O–H groups in total. The number of nitrogens with one attached hydrogen (secondary N) is 1. The van der Waals surface area contributed by atoms with Crippen LogP contribution in [-0.2, 0) is 4.79 Å². The Morgan fingerprint density at radius 2 is 1.92 bits per heavy atom. The zero-order valence-electron chi connectivity index (χ0n) is 13.7. The normalized spacial score (nSPS) is 16.4. The van der Waals surface area contributed by atoms with E-state index < -0.39 is 0 Å². The van der Waals surface area contributed by atoms with Gasteiger partial charge >= 0.3 is 0 Å². The van der Waals surface area contributed by atoms with E-state index in [1.165, 1.54) is 0 Å². The van der Waals surface area contributed by atoms with Gasteiger partial charge in [-0.15, -0.1) is 0 Å². The van der Waals surface area contributed by atoms with E-state index >= 15 is 0 Å². The predicted molar refractivity (Wildman–Crippen MR) is 96.9 cm³/mol. The lowest BCUT2D eigenvalue weighted by molar-refractivity contribution is -0.385. The van der Waals surface area contributed by atoms with E-state index in [9.17, 15) is 14.9 Å². The molecule has 0 fully saturated rings. The van der Waals surface area contributed by atoms with Crippen molar-refractivity contribution in [3.05, 3.63) is 81.4 Å². The molecule has 0 unspecified atom stereocenters. The summed E-state index contributed by atoms with van der Waals surface area (Å²) in [4.78, 5) is 23.2. The maximum absolute atomic E-state index is 12.3. The van der Waals surface area contributed by atoms with Crippen molar-refractivity contribution in [3.63, 3.8) is 0 Å². The Hall–Kier alpha value is -3.21. The number of hydrogen-bond donors (Lipinski definition) is 1. The van der Waals surface area contributed by atoms with Crippen molar-refractivity contribution in [3.8, 4) is 0 Å². The first-order valence-corrected chi connectivity index (χ1v) is 8.11. The fourth-order valence-electron chi connectivity index (χ4n) is 3.54. The highest BCUT2D eigenvalue weighted by molar-refractivity contribution is 6.06. The van der Waals surface area contributed by atoms with Crippen LogP contribution in [0.5, 0.6) is 0 Å². The monoisotopic (exact) mass is 332 g/mol. The molecule has 1 aliphatic heterocycles. The van der Waals surface area contributed by atoms with E-state index in [1.54, 1.807) is 19.1 Å². The molecule has 5 nitrogen and oxygen atoms in total. The fourth-order valence-corrected chi connectivity index (χ4v) is 3.54. The van der Waals surface area contributed by atoms with Gasteiger partial charge in [0.2, 0.25) is 5.91 Å². The fraction of sp³-hybridized carbons (Fsp3) is 0.150. The van der Waals surface area contributed by atoms with Gasteiger partial charge in [0.25, 0.3) is 5.69 Å². The lowest BCUT2D eigenvalue weighted by atomic mass is 9.83. The highest BCUT2D eigenvalue weighted by Gasteiger charge is 2.29. The Morgan fingerprint density at radius 3 is 2.72 bits per heavy atom. The van der Waals surface area contributed by atoms with Gasteiger partial charge in [0, 0.05) is 29.4 Å². The summed E-state index contributed by atoms with van der Waals surface area (Å²) >= 11 is 0. The molecule has 0 radical (unpaired) electrons. The zero-order chi connectivity index (χ0) is 17.6. The number of nitrogens with zero attached hydrogens (tertiary/aromatic N) is 1. The molecule has 1 atom stereocenters. The van der Waals surface area contributed by atoms with Gasteiger partial charge in [0.1, 0.15) is 0 Å². The molecule has 0 spiro atoms. The van der Waals surface area contributed by atoms with Crippen LogP contribution in [0.2, 0.25) is 0 Å². The van der Waals surface area contributed by atoms with Crippen LogP contribution in [0.1, 0.15) is 29.0 Å². The molecule has 3 aromatic rings. The average molecular weight is 332 g/mol. The van der Waals surface area contributed by atoms with E-state index in [4.69, 9.17) is 0 Å². The van der Waals surface area contributed by atoms with Crippen molar-refractivity contribution in [2.75, 3.05) is 5.32 Å². The topological polar surface area (TPSA) is 72.2 Å². The highest BCUT2D eigenvalue weighted by Crippen LogP contribution is 2.41. The summed E-state index contributed by atoms with van der Waals surface area (Å²) in [5, 5.41) is 16.3. The number of fused-ring (bicyclic) bond motifs is 3. The Morgan fingerprint density at radius 1 is 1.12 bits per heavy atom. The number of amides is 1. The van der Waals surface area contributed by atoms with E-state index in [-0.39, 0.29) is 28.9 Å². The van der Waals surface area contributed by atoms with Crippen molar-refractivity contribution in [1.29, 1.82) is 0 Å². The molecule has 5 heteroatoms. The molecule has 0 aliphatic carbocycles. The van der Waals surface area contributed by atoms with Crippen molar-refractivity contribution in [2.45, 2.75) is 19.3 Å². The number of carbonyl (C=O) groups is 1. The lowest BCUT2D eigenvalue weighted by Gasteiger charge is -2.27. The van der Waals surface area contributed by atoms with Crippen LogP contribution in [0.3, 0.4) is 0 Å². The van der Waals surface area contributed by atoms with E-state index in [2.05, 4.69) is 5.32 Å². The molecule has 1 heterocycles. The van der Waals surface area contributed by atoms with Gasteiger partial charge in [0.15, 0.2) is 0 Å². The molecule has 1 amide bonds. The summed E-state index contributed by atoms with van der Waals surface area (Å²) in [7, 11) is 0. The van der Waals surface area contributed by atoms with E-state index in [1.807, 2.05) is 42.5 Å². The summed E-state index contributed by atoms with van der Waals surface area (Å²) in [6.45, 7) is 1.72. The Bertz CT molecular complexity index is 1030. The minimum absolute atomic E-state index is 0.0721. The standard InChI is InChI=1S/C20H16N2O3/c1-12-6-7-14(10-18(12)22(24)25)17-11-19(23)21-20-15-5-3-2-4-13(15)8-9-16(17)20/h2-10,17H,11H2,1H3,(H,21,23)/t17-/m1/s1. The molecular weight excluding hydrogens is 316 g/mol. The molecule has 0 aromatic heterocycles. The molecule has 1 aliphatic rings. The molecule has 0 saturated heterocycles. The van der Waals surface area contributed by atoms with Gasteiger partial charge in [-0.3, -0.25) is 14.9 Å². The second kappa shape index (κ2) is 5.70. The number of hydrogen-bond acceptors (Lipinski definition) is 3. The molecular formula is C20H16N2O3. The van der Waals surface area contributed by atoms with Crippen LogP contribution in [0, 0.1) is 17.0 Å². The van der Waals surface area contributed by atoms with Gasteiger partial charge in [-0.25, -0.2) is 0 Å². The summed E-state index contributed by atoms with van der Waals surface area (Å²) in [5.41, 5.74) is 3.31. The molecule has 25 heavy (non-hydrogen) atoms. The number of nitro benzene ring substituents is 1. The largest absolute Gasteiger partial charge is 0.325 e. The maximum Gasteiger partial charge on any atom is 0.272 e. The number of benzene rings is 3. The second-order valence-electron chi connectivity index (χ2n) is 6.36. The number of anilines is 1. The molecule has 0 saturated carbocycles. The van der Waals surface area contributed by atoms with Crippen LogP contribution in [0.25, 0.3) is 10.8 Å². The molecule has 0 bridgehead atoms. The number of aryl methyl sites for hydroxylation is 1. The summed E-state index contributed by atoms with van der Waals surface area (Å²) in [6, 6.07) is 17.1. The minimum atomic E-state index is -0.372. The average Bonchev–Trinajstić information content (AvgIpc) is 2.61. The van der Waals surface area contributed by atoms with Gasteiger partial charge in [-0.05, 0) is 23.4 Å². The summed E-state index contributed by atoms with van der Waals surface area (Å²) in [5.74, 6) is -0.260. The summed E-state index contributed by atoms with van der Waals surface area (Å²) in [6.07, 6.45) is 0.283. The van der Waals surface area contributed by atoms with Crippen LogP contribution in [0.4, 0.5) is 11.4 Å². The summed E-state index contributed by atoms with van der Waals surface area (Å²) < 4.78 is 0. The Labute approximate surface area is 144 Å². The van der Waals surface area contributed by atoms with Crippen LogP contribution >= 0.6 is 0 Å². The first kappa shape index (κ1) is 15.3. The second-order valence-corrected chi connectivity index (χ2v) is 6.36. The third-order valence-electron chi connectivity index (χ3n) is 4.82.